The molecule has 2 nitrogen and oxygen atoms in total. The Kier molecular flexibility index (Phi) is 9.76. The summed E-state index contributed by atoms with van der Waals surface area (Å²) < 4.78 is 5.96. The number of benzene rings is 2. The molecule has 0 unspecified atom stereocenters. The molecule has 0 aliphatic heterocycles. The summed E-state index contributed by atoms with van der Waals surface area (Å²) in [4.78, 5) is 12.7. The Hall–Kier alpha value is -3.13. The number of hydrogen-bond donors (Lipinski definition) is 0. The van der Waals surface area contributed by atoms with Gasteiger partial charge in [-0.25, -0.2) is 0 Å². The number of carbonyl (C=O) groups is 1. The van der Waals surface area contributed by atoms with E-state index >= 15 is 0 Å². The van der Waals surface area contributed by atoms with E-state index in [1.54, 1.807) is 12.1 Å². The molecule has 0 radical (unpaired) electrons. The molecular formula is C28H22FeO2-6. The smallest absolute Gasteiger partial charge is 0.149 e. The zero-order chi connectivity index (χ0) is 21.2. The largest absolute Gasteiger partial charge is 0.999 e. The molecule has 4 aromatic carbocycles. The summed E-state index contributed by atoms with van der Waals surface area (Å²) in [7, 11) is 0. The number of rotatable bonds is 6. The van der Waals surface area contributed by atoms with Gasteiger partial charge in [0, 0.05) is 17.1 Å². The normalized spacial score (nSPS) is 10.1. The van der Waals surface area contributed by atoms with Crippen molar-refractivity contribution in [3.8, 4) is 5.75 Å². The first-order valence-corrected chi connectivity index (χ1v) is 9.68. The summed E-state index contributed by atoms with van der Waals surface area (Å²) in [5.41, 5.74) is 4.88. The van der Waals surface area contributed by atoms with E-state index in [0.717, 1.165) is 22.3 Å². The number of aryl methyl sites for hydroxylation is 2. The van der Waals surface area contributed by atoms with Gasteiger partial charge in [0.25, 0.3) is 0 Å². The van der Waals surface area contributed by atoms with Crippen LogP contribution in [0, 0.1) is 38.1 Å². The molecule has 0 aromatic heterocycles. The molecule has 0 saturated carbocycles. The van der Waals surface area contributed by atoms with Crippen molar-refractivity contribution in [2.75, 3.05) is 0 Å². The van der Waals surface area contributed by atoms with E-state index in [2.05, 4.69) is 24.3 Å². The van der Waals surface area contributed by atoms with Crippen molar-refractivity contribution in [3.05, 3.63) is 131 Å². The van der Waals surface area contributed by atoms with Crippen molar-refractivity contribution < 1.29 is 26.6 Å². The zero-order valence-corrected chi connectivity index (χ0v) is 18.6. The van der Waals surface area contributed by atoms with Gasteiger partial charge in [-0.05, 0) is 42.7 Å². The molecule has 0 N–H and O–H groups in total. The number of ketones is 1. The van der Waals surface area contributed by atoms with Gasteiger partial charge in [0.05, 0.1) is 5.56 Å². The molecule has 0 bridgehead atoms. The Morgan fingerprint density at radius 1 is 1.00 bits per heavy atom. The Labute approximate surface area is 195 Å². The van der Waals surface area contributed by atoms with Crippen LogP contribution in [0.1, 0.15) is 32.6 Å². The van der Waals surface area contributed by atoms with Crippen LogP contribution < -0.4 is 4.74 Å². The molecule has 0 aliphatic rings. The van der Waals surface area contributed by atoms with Crippen LogP contribution >= 0.6 is 0 Å². The second-order valence-corrected chi connectivity index (χ2v) is 6.81. The van der Waals surface area contributed by atoms with Crippen LogP contribution in [0.5, 0.6) is 5.75 Å². The molecule has 0 atom stereocenters. The fourth-order valence-electron chi connectivity index (χ4n) is 2.78. The summed E-state index contributed by atoms with van der Waals surface area (Å²) in [6, 6.07) is 33.7. The summed E-state index contributed by atoms with van der Waals surface area (Å²) in [6.45, 7) is 4.48. The van der Waals surface area contributed by atoms with Crippen molar-refractivity contribution in [3.63, 3.8) is 0 Å². The maximum absolute atomic E-state index is 12.7. The number of allylic oxidation sites excluding steroid dienone is 1. The molecule has 0 spiro atoms. The zero-order valence-electron chi connectivity index (χ0n) is 17.5. The first-order chi connectivity index (χ1) is 14.6. The molecule has 0 aliphatic carbocycles. The Morgan fingerprint density at radius 3 is 2.26 bits per heavy atom. The van der Waals surface area contributed by atoms with Crippen LogP contribution in [-0.2, 0) is 23.7 Å². The van der Waals surface area contributed by atoms with E-state index in [9.17, 15) is 4.79 Å². The first kappa shape index (κ1) is 24.1. The van der Waals surface area contributed by atoms with Crippen molar-refractivity contribution >= 4 is 11.9 Å². The van der Waals surface area contributed by atoms with E-state index < -0.39 is 0 Å². The molecule has 31 heavy (non-hydrogen) atoms. The van der Waals surface area contributed by atoms with Gasteiger partial charge in [-0.1, -0.05) is 36.4 Å². The van der Waals surface area contributed by atoms with Crippen molar-refractivity contribution in [1.29, 1.82) is 0 Å². The Bertz CT molecular complexity index is 1040. The maximum Gasteiger partial charge on any atom is 0.149 e. The Balaban J connectivity index is 0.000000501. The quantitative estimate of drug-likeness (QED) is 0.155. The van der Waals surface area contributed by atoms with Crippen LogP contribution in [0.25, 0.3) is 6.08 Å². The summed E-state index contributed by atoms with van der Waals surface area (Å²) in [5, 5.41) is 0. The second-order valence-electron chi connectivity index (χ2n) is 6.81. The average molecular weight is 446 g/mol. The van der Waals surface area contributed by atoms with Crippen LogP contribution in [0.2, 0.25) is 0 Å². The van der Waals surface area contributed by atoms with Gasteiger partial charge < -0.3 is 39.9 Å². The number of hydrogen-bond acceptors (Lipinski definition) is 2. The van der Waals surface area contributed by atoms with E-state index in [0.29, 0.717) is 17.9 Å². The predicted octanol–water partition coefficient (Wildman–Crippen LogP) is 6.10. The second kappa shape index (κ2) is 12.5. The molecular weight excluding hydrogens is 424 g/mol. The molecule has 0 heterocycles. The molecule has 3 heteroatoms. The van der Waals surface area contributed by atoms with E-state index in [1.807, 2.05) is 86.7 Å². The van der Waals surface area contributed by atoms with Crippen LogP contribution in [0.15, 0.2) is 78.9 Å². The van der Waals surface area contributed by atoms with Crippen molar-refractivity contribution in [2.45, 2.75) is 20.5 Å². The van der Waals surface area contributed by atoms with Crippen LogP contribution in [0.3, 0.4) is 0 Å². The third-order valence-electron chi connectivity index (χ3n) is 4.57. The van der Waals surface area contributed by atoms with E-state index in [1.165, 1.54) is 0 Å². The third-order valence-corrected chi connectivity index (χ3v) is 4.57. The monoisotopic (exact) mass is 446 g/mol. The summed E-state index contributed by atoms with van der Waals surface area (Å²) in [5.74, 6) is 0.580. The van der Waals surface area contributed by atoms with Gasteiger partial charge in [0.15, 0.2) is 0 Å². The van der Waals surface area contributed by atoms with Gasteiger partial charge in [-0.15, -0.1) is 23.8 Å². The number of carbonyl (C=O) groups excluding carboxylic acids is 1. The molecule has 0 saturated heterocycles. The standard InChI is InChI=1S/C23H21O2.C5H.Fe/c1-17-14-21(22(24)13-12-19-8-6-7-9-19)23(15-18(17)2)25-16-20-10-4-3-5-11-20;1-2-4-5-3-1;/h3-15H,16H2,1-2H3;1H;/q-1;-5;. The summed E-state index contributed by atoms with van der Waals surface area (Å²) >= 11 is 0. The minimum atomic E-state index is -0.0487. The van der Waals surface area contributed by atoms with E-state index in [4.69, 9.17) is 4.74 Å². The molecule has 0 fully saturated rings. The Morgan fingerprint density at radius 2 is 1.65 bits per heavy atom. The van der Waals surface area contributed by atoms with E-state index in [-0.39, 0.29) is 22.9 Å². The maximum atomic E-state index is 12.7. The van der Waals surface area contributed by atoms with Gasteiger partial charge in [0.2, 0.25) is 0 Å². The summed E-state index contributed by atoms with van der Waals surface area (Å²) in [6.07, 6.45) is 3.44. The predicted molar refractivity (Wildman–Crippen MR) is 119 cm³/mol. The van der Waals surface area contributed by atoms with Gasteiger partial charge in [-0.2, -0.15) is 12.1 Å². The fraction of sp³-hybridized carbons (Fsp3) is 0.107. The molecule has 160 valence electrons. The van der Waals surface area contributed by atoms with Crippen molar-refractivity contribution in [1.82, 2.24) is 0 Å². The van der Waals surface area contributed by atoms with Crippen LogP contribution in [-0.4, -0.2) is 5.78 Å². The SMILES string of the molecule is Cc1cc(OCc2ccccc2)c(C(=O)C=C[c-]2cccc2)cc1C.[Fe].[c-]1[c-][c-][cH-][c-]1. The average Bonchev–Trinajstić information content (AvgIpc) is 3.50. The minimum absolute atomic E-state index is 0. The van der Waals surface area contributed by atoms with Crippen LogP contribution in [0.4, 0.5) is 0 Å². The van der Waals surface area contributed by atoms with Gasteiger partial charge in [-0.3, -0.25) is 0 Å². The minimum Gasteiger partial charge on any atom is -0.999 e. The van der Waals surface area contributed by atoms with Gasteiger partial charge in [0.1, 0.15) is 18.1 Å². The van der Waals surface area contributed by atoms with Crippen molar-refractivity contribution in [2.24, 2.45) is 0 Å². The molecule has 0 amide bonds. The molecule has 4 rings (SSSR count). The fourth-order valence-corrected chi connectivity index (χ4v) is 2.78. The first-order valence-electron chi connectivity index (χ1n) is 9.68. The number of ether oxygens (including phenoxy) is 1. The van der Waals surface area contributed by atoms with Gasteiger partial charge >= 0.3 is 0 Å². The topological polar surface area (TPSA) is 26.3 Å². The molecule has 4 aromatic rings. The third kappa shape index (κ3) is 7.57.